The molecule has 6 heteroatoms. The summed E-state index contributed by atoms with van der Waals surface area (Å²) in [4.78, 5) is 11.9. The largest absolute Gasteiger partial charge is 0.443 e. The molecule has 0 unspecified atom stereocenters. The molecule has 0 amide bonds. The number of nitriles is 2. The molecule has 2 atom stereocenters. The highest BCUT2D eigenvalue weighted by Crippen LogP contribution is 2.22. The standard InChI is InChI=1S/C18H21N3O3/c1-12-7-15(8-16(10-20)18(22)24-13(2)9-19)14(3)21(12)11-17-5-4-6-23-17/h7-8,13,17H,4-6,11H2,1-3H3/b16-8+/t13-,17+/m0/s1. The monoisotopic (exact) mass is 327 g/mol. The van der Waals surface area contributed by atoms with Gasteiger partial charge in [-0.3, -0.25) is 0 Å². The van der Waals surface area contributed by atoms with Crippen molar-refractivity contribution in [3.8, 4) is 12.1 Å². The molecule has 0 aromatic carbocycles. The lowest BCUT2D eigenvalue weighted by Gasteiger charge is -2.14. The van der Waals surface area contributed by atoms with Crippen molar-refractivity contribution in [1.29, 1.82) is 10.5 Å². The van der Waals surface area contributed by atoms with Crippen LogP contribution >= 0.6 is 0 Å². The van der Waals surface area contributed by atoms with E-state index in [2.05, 4.69) is 4.57 Å². The van der Waals surface area contributed by atoms with Gasteiger partial charge < -0.3 is 14.0 Å². The summed E-state index contributed by atoms with van der Waals surface area (Å²) in [5.41, 5.74) is 2.69. The minimum Gasteiger partial charge on any atom is -0.443 e. The van der Waals surface area contributed by atoms with Gasteiger partial charge in [-0.05, 0) is 51.3 Å². The summed E-state index contributed by atoms with van der Waals surface area (Å²) in [6, 6.07) is 5.59. The van der Waals surface area contributed by atoms with E-state index in [1.165, 1.54) is 13.0 Å². The fraction of sp³-hybridized carbons (Fsp3) is 0.500. The van der Waals surface area contributed by atoms with Crippen LogP contribution in [-0.4, -0.2) is 29.4 Å². The normalized spacial score (nSPS) is 18.7. The second-order valence-electron chi connectivity index (χ2n) is 5.92. The van der Waals surface area contributed by atoms with Gasteiger partial charge >= 0.3 is 5.97 Å². The predicted octanol–water partition coefficient (Wildman–Crippen LogP) is 2.65. The van der Waals surface area contributed by atoms with Crippen LogP contribution in [0.1, 0.15) is 36.7 Å². The lowest BCUT2D eigenvalue weighted by Crippen LogP contribution is -2.17. The van der Waals surface area contributed by atoms with Crippen LogP contribution in [0.5, 0.6) is 0 Å². The fourth-order valence-corrected chi connectivity index (χ4v) is 2.79. The average molecular weight is 327 g/mol. The van der Waals surface area contributed by atoms with E-state index >= 15 is 0 Å². The molecule has 1 fully saturated rings. The first kappa shape index (κ1) is 17.8. The number of esters is 1. The Morgan fingerprint density at radius 3 is 2.88 bits per heavy atom. The molecule has 0 N–H and O–H groups in total. The predicted molar refractivity (Wildman–Crippen MR) is 87.6 cm³/mol. The number of nitrogens with zero attached hydrogens (tertiary/aromatic N) is 3. The highest BCUT2D eigenvalue weighted by atomic mass is 16.5. The van der Waals surface area contributed by atoms with Gasteiger partial charge in [0.1, 0.15) is 17.7 Å². The van der Waals surface area contributed by atoms with E-state index in [1.54, 1.807) is 6.07 Å². The van der Waals surface area contributed by atoms with Crippen LogP contribution in [0.4, 0.5) is 0 Å². The third-order valence-corrected chi connectivity index (χ3v) is 4.13. The summed E-state index contributed by atoms with van der Waals surface area (Å²) in [5.74, 6) is -0.782. The minimum atomic E-state index is -0.888. The summed E-state index contributed by atoms with van der Waals surface area (Å²) in [7, 11) is 0. The van der Waals surface area contributed by atoms with Gasteiger partial charge in [0, 0.05) is 24.5 Å². The van der Waals surface area contributed by atoms with Gasteiger partial charge in [0.05, 0.1) is 6.10 Å². The smallest absolute Gasteiger partial charge is 0.350 e. The number of carbonyl (C=O) groups excluding carboxylic acids is 1. The van der Waals surface area contributed by atoms with Gasteiger partial charge in [0.15, 0.2) is 6.10 Å². The third kappa shape index (κ3) is 4.04. The fourth-order valence-electron chi connectivity index (χ4n) is 2.79. The van der Waals surface area contributed by atoms with Gasteiger partial charge in [-0.2, -0.15) is 10.5 Å². The molecule has 1 aliphatic rings. The van der Waals surface area contributed by atoms with Crippen molar-refractivity contribution in [2.45, 2.75) is 52.4 Å². The van der Waals surface area contributed by atoms with E-state index in [0.717, 1.165) is 42.9 Å². The highest BCUT2D eigenvalue weighted by molar-refractivity contribution is 5.98. The molecule has 1 aromatic rings. The summed E-state index contributed by atoms with van der Waals surface area (Å²) < 4.78 is 12.7. The quantitative estimate of drug-likeness (QED) is 0.471. The van der Waals surface area contributed by atoms with Gasteiger partial charge in [0.2, 0.25) is 0 Å². The van der Waals surface area contributed by atoms with Crippen LogP contribution in [0, 0.1) is 36.5 Å². The van der Waals surface area contributed by atoms with E-state index in [-0.39, 0.29) is 11.7 Å². The molecule has 126 valence electrons. The minimum absolute atomic E-state index is 0.116. The summed E-state index contributed by atoms with van der Waals surface area (Å²) in [6.07, 6.45) is 2.97. The van der Waals surface area contributed by atoms with Crippen molar-refractivity contribution in [3.63, 3.8) is 0 Å². The van der Waals surface area contributed by atoms with Crippen LogP contribution in [0.15, 0.2) is 11.6 Å². The van der Waals surface area contributed by atoms with Gasteiger partial charge in [-0.25, -0.2) is 4.79 Å². The molecule has 1 aromatic heterocycles. The van der Waals surface area contributed by atoms with Crippen LogP contribution in [-0.2, 0) is 20.8 Å². The maximum absolute atomic E-state index is 11.9. The molecule has 24 heavy (non-hydrogen) atoms. The Kier molecular flexibility index (Phi) is 5.78. The van der Waals surface area contributed by atoms with Crippen molar-refractivity contribution in [3.05, 3.63) is 28.6 Å². The number of rotatable bonds is 5. The molecule has 6 nitrogen and oxygen atoms in total. The van der Waals surface area contributed by atoms with E-state index in [0.29, 0.717) is 0 Å². The Morgan fingerprint density at radius 2 is 2.29 bits per heavy atom. The Bertz CT molecular complexity index is 728. The molecule has 2 heterocycles. The number of hydrogen-bond acceptors (Lipinski definition) is 5. The van der Waals surface area contributed by atoms with E-state index < -0.39 is 12.1 Å². The maximum atomic E-state index is 11.9. The van der Waals surface area contributed by atoms with E-state index in [9.17, 15) is 10.1 Å². The molecule has 0 aliphatic carbocycles. The first-order chi connectivity index (χ1) is 11.5. The first-order valence-corrected chi connectivity index (χ1v) is 7.97. The third-order valence-electron chi connectivity index (χ3n) is 4.13. The Labute approximate surface area is 141 Å². The molecule has 0 radical (unpaired) electrons. The summed E-state index contributed by atoms with van der Waals surface area (Å²) >= 11 is 0. The molecular weight excluding hydrogens is 306 g/mol. The zero-order valence-corrected chi connectivity index (χ0v) is 14.2. The van der Waals surface area contributed by atoms with Crippen LogP contribution in [0.3, 0.4) is 0 Å². The van der Waals surface area contributed by atoms with Crippen molar-refractivity contribution in [2.24, 2.45) is 0 Å². The maximum Gasteiger partial charge on any atom is 0.350 e. The van der Waals surface area contributed by atoms with Crippen molar-refractivity contribution >= 4 is 12.0 Å². The van der Waals surface area contributed by atoms with Crippen molar-refractivity contribution < 1.29 is 14.3 Å². The van der Waals surface area contributed by atoms with Gasteiger partial charge in [-0.15, -0.1) is 0 Å². The number of ether oxygens (including phenoxy) is 2. The molecular formula is C18H21N3O3. The lowest BCUT2D eigenvalue weighted by molar-refractivity contribution is -0.140. The lowest BCUT2D eigenvalue weighted by atomic mass is 10.1. The Hall–Kier alpha value is -2.57. The molecule has 0 saturated carbocycles. The topological polar surface area (TPSA) is 88.0 Å². The summed E-state index contributed by atoms with van der Waals surface area (Å²) in [6.45, 7) is 6.97. The van der Waals surface area contributed by atoms with Gasteiger partial charge in [-0.1, -0.05) is 0 Å². The first-order valence-electron chi connectivity index (χ1n) is 7.97. The van der Waals surface area contributed by atoms with Crippen molar-refractivity contribution in [2.75, 3.05) is 6.61 Å². The van der Waals surface area contributed by atoms with E-state index in [4.69, 9.17) is 14.7 Å². The number of hydrogen-bond donors (Lipinski definition) is 0. The van der Waals surface area contributed by atoms with Crippen LogP contribution in [0.2, 0.25) is 0 Å². The molecule has 1 saturated heterocycles. The molecule has 2 rings (SSSR count). The van der Waals surface area contributed by atoms with Crippen molar-refractivity contribution in [1.82, 2.24) is 4.57 Å². The average Bonchev–Trinajstić information content (AvgIpc) is 3.16. The van der Waals surface area contributed by atoms with E-state index in [1.807, 2.05) is 26.0 Å². The molecule has 1 aliphatic heterocycles. The SMILES string of the molecule is Cc1cc(/C=C(\C#N)C(=O)O[C@@H](C)C#N)c(C)n1C[C@H]1CCCO1. The second-order valence-corrected chi connectivity index (χ2v) is 5.92. The number of carbonyl (C=O) groups is 1. The molecule has 0 bridgehead atoms. The Balaban J connectivity index is 2.23. The highest BCUT2D eigenvalue weighted by Gasteiger charge is 2.20. The Morgan fingerprint density at radius 1 is 1.54 bits per heavy atom. The van der Waals surface area contributed by atoms with Crippen LogP contribution in [0.25, 0.3) is 6.08 Å². The summed E-state index contributed by atoms with van der Waals surface area (Å²) in [5, 5.41) is 17.9. The van der Waals surface area contributed by atoms with Gasteiger partial charge in [0.25, 0.3) is 0 Å². The molecule has 0 spiro atoms. The van der Waals surface area contributed by atoms with Crippen LogP contribution < -0.4 is 0 Å². The number of aryl methyl sites for hydroxylation is 1. The number of aromatic nitrogens is 1. The zero-order chi connectivity index (χ0) is 17.7. The second kappa shape index (κ2) is 7.81. The zero-order valence-electron chi connectivity index (χ0n) is 14.2.